The molecule has 0 aromatic heterocycles. The van der Waals surface area contributed by atoms with E-state index in [1.54, 1.807) is 0 Å². The van der Waals surface area contributed by atoms with Crippen molar-refractivity contribution >= 4 is 11.9 Å². The molecule has 1 rings (SSSR count). The maximum absolute atomic E-state index is 13.8. The number of halogens is 2. The SMILES string of the molecule is CCOC(=O)C(Cc1c(F)cccc1F)(C(=O)O)C(C)C. The fourth-order valence-electron chi connectivity index (χ4n) is 2.16. The summed E-state index contributed by atoms with van der Waals surface area (Å²) in [6.45, 7) is 4.53. The minimum absolute atomic E-state index is 0.0136. The van der Waals surface area contributed by atoms with Gasteiger partial charge in [0.25, 0.3) is 0 Å². The monoisotopic (exact) mass is 300 g/mol. The van der Waals surface area contributed by atoms with Crippen molar-refractivity contribution in [3.05, 3.63) is 35.4 Å². The lowest BCUT2D eigenvalue weighted by Gasteiger charge is -2.31. The van der Waals surface area contributed by atoms with Crippen LogP contribution >= 0.6 is 0 Å². The fourth-order valence-corrected chi connectivity index (χ4v) is 2.16. The van der Waals surface area contributed by atoms with Gasteiger partial charge in [0.1, 0.15) is 11.6 Å². The Balaban J connectivity index is 3.38. The molecular weight excluding hydrogens is 282 g/mol. The topological polar surface area (TPSA) is 63.6 Å². The van der Waals surface area contributed by atoms with E-state index in [9.17, 15) is 23.5 Å². The summed E-state index contributed by atoms with van der Waals surface area (Å²) in [6.07, 6.45) is -0.600. The smallest absolute Gasteiger partial charge is 0.324 e. The van der Waals surface area contributed by atoms with Gasteiger partial charge in [-0.15, -0.1) is 0 Å². The number of carbonyl (C=O) groups is 2. The molecule has 6 heteroatoms. The maximum Gasteiger partial charge on any atom is 0.324 e. The number of aliphatic carboxylic acids is 1. The van der Waals surface area contributed by atoms with Crippen molar-refractivity contribution in [1.29, 1.82) is 0 Å². The predicted molar refractivity (Wildman–Crippen MR) is 71.6 cm³/mol. The van der Waals surface area contributed by atoms with Gasteiger partial charge in [-0.3, -0.25) is 9.59 Å². The second-order valence-corrected chi connectivity index (χ2v) is 5.03. The lowest BCUT2D eigenvalue weighted by Crippen LogP contribution is -2.47. The highest BCUT2D eigenvalue weighted by Gasteiger charge is 2.51. The highest BCUT2D eigenvalue weighted by molar-refractivity contribution is 5.99. The Labute approximate surface area is 121 Å². The molecule has 0 spiro atoms. The van der Waals surface area contributed by atoms with Crippen LogP contribution in [-0.4, -0.2) is 23.7 Å². The third-order valence-electron chi connectivity index (χ3n) is 3.52. The number of ether oxygens (including phenoxy) is 1. The van der Waals surface area contributed by atoms with Crippen molar-refractivity contribution in [2.45, 2.75) is 27.2 Å². The quantitative estimate of drug-likeness (QED) is 0.648. The Hall–Kier alpha value is -1.98. The average Bonchev–Trinajstić information content (AvgIpc) is 2.37. The van der Waals surface area contributed by atoms with Crippen LogP contribution in [0.4, 0.5) is 8.78 Å². The number of hydrogen-bond acceptors (Lipinski definition) is 3. The molecule has 1 atom stereocenters. The molecule has 0 heterocycles. The minimum Gasteiger partial charge on any atom is -0.480 e. The van der Waals surface area contributed by atoms with Crippen molar-refractivity contribution in [2.75, 3.05) is 6.61 Å². The van der Waals surface area contributed by atoms with Gasteiger partial charge < -0.3 is 9.84 Å². The predicted octanol–water partition coefficient (Wildman–Crippen LogP) is 2.80. The molecule has 116 valence electrons. The molecule has 1 aromatic rings. The summed E-state index contributed by atoms with van der Waals surface area (Å²) < 4.78 is 32.4. The van der Waals surface area contributed by atoms with Crippen molar-refractivity contribution in [3.63, 3.8) is 0 Å². The molecule has 0 amide bonds. The Morgan fingerprint density at radius 1 is 1.29 bits per heavy atom. The molecule has 1 aromatic carbocycles. The van der Waals surface area contributed by atoms with Crippen LogP contribution in [0.5, 0.6) is 0 Å². The van der Waals surface area contributed by atoms with Crippen LogP contribution in [0.15, 0.2) is 18.2 Å². The number of rotatable bonds is 6. The zero-order chi connectivity index (χ0) is 16.2. The van der Waals surface area contributed by atoms with Gasteiger partial charge in [-0.05, 0) is 25.0 Å². The maximum atomic E-state index is 13.8. The van der Waals surface area contributed by atoms with E-state index in [-0.39, 0.29) is 6.61 Å². The van der Waals surface area contributed by atoms with Crippen LogP contribution in [-0.2, 0) is 20.7 Å². The number of carboxylic acid groups (broad SMARTS) is 1. The molecule has 0 aliphatic heterocycles. The van der Waals surface area contributed by atoms with Crippen LogP contribution in [0.1, 0.15) is 26.3 Å². The van der Waals surface area contributed by atoms with Crippen LogP contribution in [0.25, 0.3) is 0 Å². The molecular formula is C15H18F2O4. The highest BCUT2D eigenvalue weighted by atomic mass is 19.1. The lowest BCUT2D eigenvalue weighted by molar-refractivity contribution is -0.172. The molecule has 0 radical (unpaired) electrons. The average molecular weight is 300 g/mol. The molecule has 0 saturated carbocycles. The summed E-state index contributed by atoms with van der Waals surface area (Å²) in [5, 5.41) is 9.49. The number of benzene rings is 1. The third kappa shape index (κ3) is 3.20. The van der Waals surface area contributed by atoms with Crippen LogP contribution in [0.2, 0.25) is 0 Å². The summed E-state index contributed by atoms with van der Waals surface area (Å²) in [5.41, 5.74) is -2.46. The van der Waals surface area contributed by atoms with Crippen LogP contribution in [0, 0.1) is 23.0 Å². The summed E-state index contributed by atoms with van der Waals surface area (Å²) in [4.78, 5) is 23.8. The van der Waals surface area contributed by atoms with Crippen molar-refractivity contribution in [2.24, 2.45) is 11.3 Å². The second kappa shape index (κ2) is 6.65. The zero-order valence-corrected chi connectivity index (χ0v) is 12.2. The molecule has 0 saturated heterocycles. The Morgan fingerprint density at radius 2 is 1.81 bits per heavy atom. The normalized spacial score (nSPS) is 13.8. The molecule has 0 fully saturated rings. The van der Waals surface area contributed by atoms with Gasteiger partial charge in [0.2, 0.25) is 0 Å². The standard InChI is InChI=1S/C15H18F2O4/c1-4-21-14(20)15(9(2)3,13(18)19)8-10-11(16)6-5-7-12(10)17/h5-7,9H,4,8H2,1-3H3,(H,18,19). The van der Waals surface area contributed by atoms with Crippen molar-refractivity contribution in [1.82, 2.24) is 0 Å². The summed E-state index contributed by atoms with van der Waals surface area (Å²) >= 11 is 0. The molecule has 4 nitrogen and oxygen atoms in total. The first kappa shape index (κ1) is 17.1. The lowest BCUT2D eigenvalue weighted by atomic mass is 9.72. The zero-order valence-electron chi connectivity index (χ0n) is 12.2. The van der Waals surface area contributed by atoms with Crippen molar-refractivity contribution < 1.29 is 28.2 Å². The molecule has 1 unspecified atom stereocenters. The van der Waals surface area contributed by atoms with E-state index >= 15 is 0 Å². The molecule has 1 N–H and O–H groups in total. The summed E-state index contributed by atoms with van der Waals surface area (Å²) in [6, 6.07) is 3.23. The molecule has 0 aliphatic carbocycles. The van der Waals surface area contributed by atoms with E-state index in [4.69, 9.17) is 4.74 Å². The van der Waals surface area contributed by atoms with E-state index in [2.05, 4.69) is 0 Å². The highest BCUT2D eigenvalue weighted by Crippen LogP contribution is 2.35. The van der Waals surface area contributed by atoms with Gasteiger partial charge in [0, 0.05) is 12.0 Å². The van der Waals surface area contributed by atoms with Gasteiger partial charge in [-0.25, -0.2) is 8.78 Å². The first-order chi connectivity index (χ1) is 9.77. The van der Waals surface area contributed by atoms with E-state index < -0.39 is 46.9 Å². The van der Waals surface area contributed by atoms with Crippen LogP contribution in [0.3, 0.4) is 0 Å². The number of hydrogen-bond donors (Lipinski definition) is 1. The second-order valence-electron chi connectivity index (χ2n) is 5.03. The Bertz CT molecular complexity index is 522. The van der Waals surface area contributed by atoms with Gasteiger partial charge in [0.15, 0.2) is 5.41 Å². The molecule has 0 bridgehead atoms. The fraction of sp³-hybridized carbons (Fsp3) is 0.467. The van der Waals surface area contributed by atoms with E-state index in [0.717, 1.165) is 12.1 Å². The molecule has 0 aliphatic rings. The first-order valence-electron chi connectivity index (χ1n) is 6.60. The van der Waals surface area contributed by atoms with Crippen LogP contribution < -0.4 is 0 Å². The van der Waals surface area contributed by atoms with Gasteiger partial charge in [-0.2, -0.15) is 0 Å². The third-order valence-corrected chi connectivity index (χ3v) is 3.52. The molecule has 21 heavy (non-hydrogen) atoms. The Morgan fingerprint density at radius 3 is 2.19 bits per heavy atom. The largest absolute Gasteiger partial charge is 0.480 e. The number of carbonyl (C=O) groups excluding carboxylic acids is 1. The van der Waals surface area contributed by atoms with Gasteiger partial charge >= 0.3 is 11.9 Å². The number of carboxylic acids is 1. The van der Waals surface area contributed by atoms with Gasteiger partial charge in [-0.1, -0.05) is 19.9 Å². The first-order valence-corrected chi connectivity index (χ1v) is 6.60. The van der Waals surface area contributed by atoms with E-state index in [0.29, 0.717) is 0 Å². The number of esters is 1. The van der Waals surface area contributed by atoms with E-state index in [1.165, 1.54) is 26.8 Å². The van der Waals surface area contributed by atoms with Gasteiger partial charge in [0.05, 0.1) is 6.61 Å². The summed E-state index contributed by atoms with van der Waals surface area (Å²) in [5.74, 6) is -4.92. The minimum atomic E-state index is -2.03. The van der Waals surface area contributed by atoms with Crippen molar-refractivity contribution in [3.8, 4) is 0 Å². The Kier molecular flexibility index (Phi) is 5.41. The van der Waals surface area contributed by atoms with E-state index in [1.807, 2.05) is 0 Å². The summed E-state index contributed by atoms with van der Waals surface area (Å²) in [7, 11) is 0.